The summed E-state index contributed by atoms with van der Waals surface area (Å²) in [6, 6.07) is 0.397. The number of imidazole rings is 1. The summed E-state index contributed by atoms with van der Waals surface area (Å²) < 4.78 is 7.25. The first-order valence-electron chi connectivity index (χ1n) is 10.3. The predicted octanol–water partition coefficient (Wildman–Crippen LogP) is 0.182. The van der Waals surface area contributed by atoms with E-state index >= 15 is 0 Å². The molecule has 2 aliphatic carbocycles. The maximum absolute atomic E-state index is 12.1. The van der Waals surface area contributed by atoms with Crippen LogP contribution in [0.1, 0.15) is 38.8 Å². The van der Waals surface area contributed by atoms with Crippen molar-refractivity contribution in [2.24, 2.45) is 11.8 Å². The summed E-state index contributed by atoms with van der Waals surface area (Å²) in [4.78, 5) is 25.2. The highest BCUT2D eigenvalue weighted by molar-refractivity contribution is 5.83. The van der Waals surface area contributed by atoms with Crippen molar-refractivity contribution < 1.29 is 19.7 Å². The number of nitrogens with zero attached hydrogens (tertiary/aromatic N) is 4. The van der Waals surface area contributed by atoms with Crippen LogP contribution in [0, 0.1) is 11.8 Å². The topological polar surface area (TPSA) is 134 Å². The van der Waals surface area contributed by atoms with E-state index in [0.717, 1.165) is 12.3 Å². The minimum atomic E-state index is -1.34. The molecule has 0 aromatic carbocycles. The number of hydrogen-bond acceptors (Lipinski definition) is 8. The Morgan fingerprint density at radius 3 is 2.83 bits per heavy atom. The van der Waals surface area contributed by atoms with Crippen molar-refractivity contribution in [3.05, 3.63) is 12.7 Å². The van der Waals surface area contributed by atoms with Crippen LogP contribution in [0.2, 0.25) is 0 Å². The lowest BCUT2D eigenvalue weighted by Gasteiger charge is -2.23. The van der Waals surface area contributed by atoms with Gasteiger partial charge in [0.2, 0.25) is 0 Å². The normalized spacial score (nSPS) is 36.0. The highest BCUT2D eigenvalue weighted by Crippen LogP contribution is 2.45. The van der Waals surface area contributed by atoms with Gasteiger partial charge in [-0.25, -0.2) is 15.0 Å². The van der Waals surface area contributed by atoms with E-state index in [-0.39, 0.29) is 0 Å². The van der Waals surface area contributed by atoms with Gasteiger partial charge in [-0.2, -0.15) is 0 Å². The lowest BCUT2D eigenvalue weighted by atomic mass is 9.95. The number of anilines is 1. The Kier molecular flexibility index (Phi) is 4.64. The monoisotopic (exact) mass is 402 g/mol. The van der Waals surface area contributed by atoms with Gasteiger partial charge < -0.3 is 25.6 Å². The predicted molar refractivity (Wildman–Crippen MR) is 103 cm³/mol. The van der Waals surface area contributed by atoms with Gasteiger partial charge in [-0.05, 0) is 38.0 Å². The molecule has 5 rings (SSSR count). The number of carbonyl (C=O) groups is 1. The minimum absolute atomic E-state index is 0.397. The highest BCUT2D eigenvalue weighted by atomic mass is 16.6. The fourth-order valence-corrected chi connectivity index (χ4v) is 5.12. The van der Waals surface area contributed by atoms with Gasteiger partial charge >= 0.3 is 0 Å². The lowest BCUT2D eigenvalue weighted by Crippen LogP contribution is -2.42. The van der Waals surface area contributed by atoms with Gasteiger partial charge in [0.05, 0.1) is 6.33 Å². The van der Waals surface area contributed by atoms with Crippen LogP contribution < -0.4 is 10.6 Å². The van der Waals surface area contributed by atoms with E-state index in [1.165, 1.54) is 31.9 Å². The minimum Gasteiger partial charge on any atom is -0.387 e. The molecule has 3 heterocycles. The van der Waals surface area contributed by atoms with Gasteiger partial charge in [-0.15, -0.1) is 0 Å². The van der Waals surface area contributed by atoms with E-state index in [9.17, 15) is 15.0 Å². The largest absolute Gasteiger partial charge is 0.387 e. The van der Waals surface area contributed by atoms with Crippen molar-refractivity contribution in [3.8, 4) is 0 Å². The fraction of sp³-hybridized carbons (Fsp3) is 0.684. The fourth-order valence-electron chi connectivity index (χ4n) is 5.12. The van der Waals surface area contributed by atoms with Gasteiger partial charge in [0.1, 0.15) is 18.5 Å². The van der Waals surface area contributed by atoms with Crippen molar-refractivity contribution in [1.82, 2.24) is 24.8 Å². The quantitative estimate of drug-likeness (QED) is 0.556. The molecule has 1 aliphatic heterocycles. The molecule has 10 nitrogen and oxygen atoms in total. The molecule has 29 heavy (non-hydrogen) atoms. The molecule has 0 radical (unpaired) electrons. The number of aliphatic hydroxyl groups is 2. The Hall–Kier alpha value is -2.30. The Balaban J connectivity index is 1.41. The van der Waals surface area contributed by atoms with Crippen molar-refractivity contribution in [3.63, 3.8) is 0 Å². The van der Waals surface area contributed by atoms with Crippen molar-refractivity contribution in [2.75, 3.05) is 11.9 Å². The highest BCUT2D eigenvalue weighted by Gasteiger charge is 2.47. The van der Waals surface area contributed by atoms with Crippen LogP contribution in [0.3, 0.4) is 0 Å². The molecule has 3 fully saturated rings. The molecule has 1 saturated heterocycles. The number of hydrogen-bond donors (Lipinski definition) is 4. The summed E-state index contributed by atoms with van der Waals surface area (Å²) in [5.74, 6) is 1.70. The first-order valence-corrected chi connectivity index (χ1v) is 10.3. The second-order valence-corrected chi connectivity index (χ2v) is 8.30. The Morgan fingerprint density at radius 1 is 1.24 bits per heavy atom. The maximum atomic E-state index is 12.1. The third kappa shape index (κ3) is 3.06. The molecule has 4 N–H and O–H groups in total. The molecule has 2 bridgehead atoms. The molecule has 1 unspecified atom stereocenters. The summed E-state index contributed by atoms with van der Waals surface area (Å²) >= 11 is 0. The molecular formula is C19H26N6O4. The van der Waals surface area contributed by atoms with E-state index in [1.54, 1.807) is 11.5 Å². The summed E-state index contributed by atoms with van der Waals surface area (Å²) in [5.41, 5.74) is 1.07. The second-order valence-electron chi connectivity index (χ2n) is 8.30. The van der Waals surface area contributed by atoms with Crippen LogP contribution in [-0.4, -0.2) is 66.5 Å². The number of carbonyl (C=O) groups excluding carboxylic acids is 1. The number of nitrogens with one attached hydrogen (secondary N) is 2. The molecule has 156 valence electrons. The maximum Gasteiger partial charge on any atom is 0.252 e. The van der Waals surface area contributed by atoms with Crippen LogP contribution in [0.25, 0.3) is 11.2 Å². The zero-order valence-corrected chi connectivity index (χ0v) is 16.2. The van der Waals surface area contributed by atoms with E-state index < -0.39 is 30.4 Å². The van der Waals surface area contributed by atoms with E-state index in [1.807, 2.05) is 0 Å². The van der Waals surface area contributed by atoms with E-state index in [0.29, 0.717) is 35.5 Å². The molecule has 3 aliphatic rings. The number of amides is 1. The van der Waals surface area contributed by atoms with Gasteiger partial charge in [0.15, 0.2) is 29.3 Å². The molecule has 7 atom stereocenters. The third-order valence-corrected chi connectivity index (χ3v) is 6.54. The number of ether oxygens (including phenoxy) is 1. The molecule has 0 spiro atoms. The molecule has 10 heteroatoms. The molecule has 2 aromatic heterocycles. The first kappa shape index (κ1) is 18.7. The van der Waals surface area contributed by atoms with Crippen LogP contribution in [0.5, 0.6) is 0 Å². The van der Waals surface area contributed by atoms with Crippen molar-refractivity contribution >= 4 is 22.9 Å². The average Bonchev–Trinajstić information content (AvgIpc) is 3.47. The summed E-state index contributed by atoms with van der Waals surface area (Å²) in [6.07, 6.45) is 3.24. The standard InChI is InChI=1S/C19H26N6O4/c1-2-20-18(28)15-13(26)14(27)19(29-15)25-8-23-12-16(21-7-22-17(12)25)24-11-6-9-3-4-10(11)5-9/h7-11,13-15,19,26-27H,2-6H2,1H3,(H,20,28)(H,21,22,24)/t9-,10+,11?,13-,14+,15-,19+/m0/s1. The molecule has 2 aromatic rings. The number of aliphatic hydroxyl groups excluding tert-OH is 2. The number of rotatable bonds is 5. The SMILES string of the molecule is CCNC(=O)[C@H]1O[C@@H](n2cnc3c(NC4C[C@H]5CC[C@@H]4C5)ncnc32)[C@H](O)[C@@H]1O. The van der Waals surface area contributed by atoms with Crippen LogP contribution >= 0.6 is 0 Å². The smallest absolute Gasteiger partial charge is 0.252 e. The summed E-state index contributed by atoms with van der Waals surface area (Å²) in [6.45, 7) is 2.18. The van der Waals surface area contributed by atoms with Gasteiger partial charge in [-0.3, -0.25) is 9.36 Å². The average molecular weight is 402 g/mol. The van der Waals surface area contributed by atoms with E-state index in [4.69, 9.17) is 4.74 Å². The summed E-state index contributed by atoms with van der Waals surface area (Å²) in [5, 5.41) is 26.9. The Labute approximate surface area is 167 Å². The van der Waals surface area contributed by atoms with Gasteiger partial charge in [0.25, 0.3) is 5.91 Å². The van der Waals surface area contributed by atoms with Gasteiger partial charge in [0, 0.05) is 12.6 Å². The Bertz CT molecular complexity index is 919. The zero-order valence-electron chi connectivity index (χ0n) is 16.2. The third-order valence-electron chi connectivity index (χ3n) is 6.54. The lowest BCUT2D eigenvalue weighted by molar-refractivity contribution is -0.137. The summed E-state index contributed by atoms with van der Waals surface area (Å²) in [7, 11) is 0. The molecule has 1 amide bonds. The number of likely N-dealkylation sites (N-methyl/N-ethyl adjacent to an activating group) is 1. The number of aromatic nitrogens is 4. The van der Waals surface area contributed by atoms with Gasteiger partial charge in [-0.1, -0.05) is 6.42 Å². The molecular weight excluding hydrogens is 376 g/mol. The van der Waals surface area contributed by atoms with Crippen molar-refractivity contribution in [2.45, 2.75) is 63.2 Å². The molecule has 2 saturated carbocycles. The van der Waals surface area contributed by atoms with E-state index in [2.05, 4.69) is 25.6 Å². The zero-order chi connectivity index (χ0) is 20.1. The first-order chi connectivity index (χ1) is 14.1. The number of fused-ring (bicyclic) bond motifs is 3. The van der Waals surface area contributed by atoms with Crippen LogP contribution in [0.15, 0.2) is 12.7 Å². The van der Waals surface area contributed by atoms with Crippen molar-refractivity contribution in [1.29, 1.82) is 0 Å². The van der Waals surface area contributed by atoms with Crippen LogP contribution in [-0.2, 0) is 9.53 Å². The second kappa shape index (κ2) is 7.19. The Morgan fingerprint density at radius 2 is 2.10 bits per heavy atom. The van der Waals surface area contributed by atoms with Crippen LogP contribution in [0.4, 0.5) is 5.82 Å².